The first-order valence-corrected chi connectivity index (χ1v) is 12.4. The van der Waals surface area contributed by atoms with Crippen molar-refractivity contribution in [2.75, 3.05) is 53.1 Å². The average molecular weight is 432 g/mol. The van der Waals surface area contributed by atoms with Crippen molar-refractivity contribution < 1.29 is 14.3 Å². The maximum atomic E-state index is 13.8. The van der Waals surface area contributed by atoms with E-state index in [1.54, 1.807) is 7.11 Å². The lowest BCUT2D eigenvalue weighted by molar-refractivity contribution is -0.136. The van der Waals surface area contributed by atoms with Crippen molar-refractivity contribution in [2.24, 2.45) is 5.92 Å². The Morgan fingerprint density at radius 3 is 2.68 bits per heavy atom. The van der Waals surface area contributed by atoms with Gasteiger partial charge in [0.2, 0.25) is 5.91 Å². The van der Waals surface area contributed by atoms with Gasteiger partial charge in [0.05, 0.1) is 12.0 Å². The van der Waals surface area contributed by atoms with E-state index in [1.807, 2.05) is 0 Å². The van der Waals surface area contributed by atoms with Crippen LogP contribution >= 0.6 is 0 Å². The molecule has 0 radical (unpaired) electrons. The molecular weight excluding hydrogens is 390 g/mol. The van der Waals surface area contributed by atoms with Crippen LogP contribution in [0.15, 0.2) is 24.5 Å². The van der Waals surface area contributed by atoms with Crippen LogP contribution in [0, 0.1) is 5.92 Å². The third kappa shape index (κ3) is 5.52. The SMILES string of the molecule is COCCCN(CC1CCCN2CCCCC12)C(=O)CC1(n2cccc2)CCOCC1. The number of hydrogen-bond acceptors (Lipinski definition) is 4. The average Bonchev–Trinajstić information content (AvgIpc) is 3.35. The minimum absolute atomic E-state index is 0.151. The van der Waals surface area contributed by atoms with Crippen LogP contribution in [0.4, 0.5) is 0 Å². The number of nitrogens with zero attached hydrogens (tertiary/aromatic N) is 3. The molecule has 0 aliphatic carbocycles. The van der Waals surface area contributed by atoms with Crippen LogP contribution < -0.4 is 0 Å². The zero-order valence-electron chi connectivity index (χ0n) is 19.3. The molecule has 3 aliphatic heterocycles. The highest BCUT2D eigenvalue weighted by Gasteiger charge is 2.39. The summed E-state index contributed by atoms with van der Waals surface area (Å²) in [7, 11) is 1.75. The highest BCUT2D eigenvalue weighted by molar-refractivity contribution is 5.77. The fraction of sp³-hybridized carbons (Fsp3) is 0.800. The van der Waals surface area contributed by atoms with E-state index in [2.05, 4.69) is 38.9 Å². The van der Waals surface area contributed by atoms with Gasteiger partial charge in [-0.3, -0.25) is 4.79 Å². The van der Waals surface area contributed by atoms with Gasteiger partial charge in [-0.05, 0) is 76.1 Å². The van der Waals surface area contributed by atoms with E-state index in [0.29, 0.717) is 30.9 Å². The van der Waals surface area contributed by atoms with Crippen LogP contribution in [0.2, 0.25) is 0 Å². The van der Waals surface area contributed by atoms with Gasteiger partial charge in [0.25, 0.3) is 0 Å². The molecule has 3 aliphatic rings. The van der Waals surface area contributed by atoms with Crippen LogP contribution in [0.25, 0.3) is 0 Å². The molecule has 174 valence electrons. The van der Waals surface area contributed by atoms with Crippen LogP contribution in [-0.2, 0) is 19.8 Å². The number of fused-ring (bicyclic) bond motifs is 1. The van der Waals surface area contributed by atoms with E-state index in [9.17, 15) is 4.79 Å². The first-order valence-electron chi connectivity index (χ1n) is 12.4. The van der Waals surface area contributed by atoms with Gasteiger partial charge in [0.15, 0.2) is 0 Å². The molecule has 4 rings (SSSR count). The van der Waals surface area contributed by atoms with Crippen molar-refractivity contribution in [3.8, 4) is 0 Å². The molecule has 1 amide bonds. The molecule has 0 aromatic carbocycles. The zero-order chi connectivity index (χ0) is 21.5. The van der Waals surface area contributed by atoms with Crippen molar-refractivity contribution in [3.05, 3.63) is 24.5 Å². The fourth-order valence-electron chi connectivity index (χ4n) is 6.11. The molecule has 0 bridgehead atoms. The molecule has 0 saturated carbocycles. The van der Waals surface area contributed by atoms with Crippen molar-refractivity contribution in [3.63, 3.8) is 0 Å². The first kappa shape index (κ1) is 22.8. The topological polar surface area (TPSA) is 46.9 Å². The molecule has 1 aromatic heterocycles. The van der Waals surface area contributed by atoms with Gasteiger partial charge in [-0.25, -0.2) is 0 Å². The van der Waals surface area contributed by atoms with Gasteiger partial charge in [-0.1, -0.05) is 6.42 Å². The number of hydrogen-bond donors (Lipinski definition) is 0. The molecule has 31 heavy (non-hydrogen) atoms. The molecule has 4 heterocycles. The van der Waals surface area contributed by atoms with E-state index in [1.165, 1.54) is 45.2 Å². The van der Waals surface area contributed by atoms with Crippen molar-refractivity contribution in [2.45, 2.75) is 69.4 Å². The quantitative estimate of drug-likeness (QED) is 0.562. The van der Waals surface area contributed by atoms with Crippen LogP contribution in [-0.4, -0.2) is 79.4 Å². The maximum absolute atomic E-state index is 13.8. The van der Waals surface area contributed by atoms with E-state index in [0.717, 1.165) is 45.6 Å². The molecule has 0 N–H and O–H groups in total. The Morgan fingerprint density at radius 2 is 1.90 bits per heavy atom. The molecule has 2 atom stereocenters. The standard InChI is InChI=1S/C25H41N3O3/c1-30-17-7-14-27(21-22-8-6-13-26-12-3-2-9-23(22)26)24(29)20-25(10-18-31-19-11-25)28-15-4-5-16-28/h4-5,15-16,22-23H,2-3,6-14,17-21H2,1H3. The summed E-state index contributed by atoms with van der Waals surface area (Å²) >= 11 is 0. The Labute approximate surface area is 187 Å². The fourth-order valence-corrected chi connectivity index (χ4v) is 6.11. The number of ether oxygens (including phenoxy) is 2. The summed E-state index contributed by atoms with van der Waals surface area (Å²) in [5, 5.41) is 0. The van der Waals surface area contributed by atoms with Crippen LogP contribution in [0.3, 0.4) is 0 Å². The Balaban J connectivity index is 1.47. The van der Waals surface area contributed by atoms with Crippen molar-refractivity contribution in [1.82, 2.24) is 14.4 Å². The molecule has 3 saturated heterocycles. The Kier molecular flexibility index (Phi) is 8.07. The van der Waals surface area contributed by atoms with E-state index < -0.39 is 0 Å². The van der Waals surface area contributed by atoms with Gasteiger partial charge >= 0.3 is 0 Å². The van der Waals surface area contributed by atoms with Gasteiger partial charge in [0, 0.05) is 58.5 Å². The lowest BCUT2D eigenvalue weighted by Gasteiger charge is -2.46. The Morgan fingerprint density at radius 1 is 1.13 bits per heavy atom. The molecule has 6 heteroatoms. The van der Waals surface area contributed by atoms with Gasteiger partial charge in [-0.2, -0.15) is 0 Å². The maximum Gasteiger partial charge on any atom is 0.224 e. The van der Waals surface area contributed by atoms with Gasteiger partial charge in [0.1, 0.15) is 0 Å². The monoisotopic (exact) mass is 431 g/mol. The molecule has 0 spiro atoms. The molecule has 6 nitrogen and oxygen atoms in total. The molecular formula is C25H41N3O3. The number of amides is 1. The first-order chi connectivity index (χ1) is 15.2. The molecule has 2 unspecified atom stereocenters. The van der Waals surface area contributed by atoms with Crippen molar-refractivity contribution >= 4 is 5.91 Å². The zero-order valence-corrected chi connectivity index (χ0v) is 19.3. The number of aromatic nitrogens is 1. The van der Waals surface area contributed by atoms with E-state index >= 15 is 0 Å². The predicted octanol–water partition coefficient (Wildman–Crippen LogP) is 3.51. The molecule has 3 fully saturated rings. The highest BCUT2D eigenvalue weighted by atomic mass is 16.5. The Bertz CT molecular complexity index is 670. The lowest BCUT2D eigenvalue weighted by atomic mass is 9.82. The summed E-state index contributed by atoms with van der Waals surface area (Å²) in [5.74, 6) is 0.914. The number of carbonyl (C=O) groups excluding carboxylic acids is 1. The van der Waals surface area contributed by atoms with Gasteiger partial charge in [-0.15, -0.1) is 0 Å². The smallest absolute Gasteiger partial charge is 0.224 e. The number of methoxy groups -OCH3 is 1. The van der Waals surface area contributed by atoms with E-state index in [-0.39, 0.29) is 5.54 Å². The van der Waals surface area contributed by atoms with Crippen LogP contribution in [0.5, 0.6) is 0 Å². The lowest BCUT2D eigenvalue weighted by Crippen LogP contribution is -2.52. The second-order valence-electron chi connectivity index (χ2n) is 9.79. The summed E-state index contributed by atoms with van der Waals surface area (Å²) in [4.78, 5) is 18.6. The normalized spacial score (nSPS) is 26.4. The molecule has 1 aromatic rings. The summed E-state index contributed by atoms with van der Waals surface area (Å²) in [5.41, 5.74) is -0.151. The predicted molar refractivity (Wildman–Crippen MR) is 122 cm³/mol. The number of carbonyl (C=O) groups is 1. The van der Waals surface area contributed by atoms with E-state index in [4.69, 9.17) is 9.47 Å². The number of piperidine rings is 2. The third-order valence-electron chi connectivity index (χ3n) is 7.87. The second-order valence-corrected chi connectivity index (χ2v) is 9.79. The summed E-state index contributed by atoms with van der Waals surface area (Å²) < 4.78 is 13.2. The van der Waals surface area contributed by atoms with Gasteiger partial charge < -0.3 is 23.8 Å². The highest BCUT2D eigenvalue weighted by Crippen LogP contribution is 2.35. The number of rotatable bonds is 9. The minimum atomic E-state index is -0.151. The minimum Gasteiger partial charge on any atom is -0.385 e. The third-order valence-corrected chi connectivity index (χ3v) is 7.87. The Hall–Kier alpha value is -1.37. The summed E-state index contributed by atoms with van der Waals surface area (Å²) in [6, 6.07) is 4.80. The summed E-state index contributed by atoms with van der Waals surface area (Å²) in [6.07, 6.45) is 14.0. The second kappa shape index (κ2) is 11.0. The summed E-state index contributed by atoms with van der Waals surface area (Å²) in [6.45, 7) is 6.37. The van der Waals surface area contributed by atoms with Crippen molar-refractivity contribution in [1.29, 1.82) is 0 Å². The largest absolute Gasteiger partial charge is 0.385 e. The van der Waals surface area contributed by atoms with Crippen LogP contribution in [0.1, 0.15) is 57.8 Å².